The largest absolute Gasteiger partial charge is 0.481 e. The minimum absolute atomic E-state index is 0.0270. The van der Waals surface area contributed by atoms with E-state index in [-0.39, 0.29) is 12.2 Å². The second kappa shape index (κ2) is 9.54. The van der Waals surface area contributed by atoms with Gasteiger partial charge in [-0.25, -0.2) is 9.67 Å². The highest BCUT2D eigenvalue weighted by Crippen LogP contribution is 2.22. The number of amides is 1. The number of carboxylic acid groups (broad SMARTS) is 1. The van der Waals surface area contributed by atoms with Crippen LogP contribution in [-0.2, 0) is 11.2 Å². The van der Waals surface area contributed by atoms with Crippen molar-refractivity contribution in [1.29, 1.82) is 0 Å². The summed E-state index contributed by atoms with van der Waals surface area (Å²) in [6.45, 7) is 3.95. The number of halogens is 1. The van der Waals surface area contributed by atoms with Gasteiger partial charge in [0.05, 0.1) is 23.2 Å². The van der Waals surface area contributed by atoms with E-state index in [0.29, 0.717) is 28.5 Å². The molecule has 7 nitrogen and oxygen atoms in total. The van der Waals surface area contributed by atoms with Crippen molar-refractivity contribution in [1.82, 2.24) is 20.1 Å². The Balaban J connectivity index is 1.91. The van der Waals surface area contributed by atoms with E-state index >= 15 is 0 Å². The Morgan fingerprint density at radius 1 is 1.17 bits per heavy atom. The SMILES string of the molecule is CCCc1nc(C(=O)NC(CC(=O)O)c2ccc(C)cc2)nn1-c1ccccc1Cl. The summed E-state index contributed by atoms with van der Waals surface area (Å²) in [5.41, 5.74) is 2.38. The molecular weight excluding hydrogens is 404 g/mol. The first-order valence-corrected chi connectivity index (χ1v) is 10.1. The number of rotatable bonds is 8. The van der Waals surface area contributed by atoms with Crippen LogP contribution in [0.25, 0.3) is 5.69 Å². The lowest BCUT2D eigenvalue weighted by molar-refractivity contribution is -0.137. The normalized spacial score (nSPS) is 11.8. The number of para-hydroxylation sites is 1. The Labute approximate surface area is 179 Å². The lowest BCUT2D eigenvalue weighted by Crippen LogP contribution is -2.31. The first kappa shape index (κ1) is 21.5. The molecule has 1 aromatic heterocycles. The fourth-order valence-electron chi connectivity index (χ4n) is 3.09. The van der Waals surface area contributed by atoms with Crippen molar-refractivity contribution in [2.45, 2.75) is 39.2 Å². The number of hydrogen-bond donors (Lipinski definition) is 2. The van der Waals surface area contributed by atoms with Crippen LogP contribution in [-0.4, -0.2) is 31.7 Å². The third-order valence-corrected chi connectivity index (χ3v) is 4.91. The van der Waals surface area contributed by atoms with Gasteiger partial charge in [-0.05, 0) is 31.0 Å². The van der Waals surface area contributed by atoms with E-state index in [1.165, 1.54) is 0 Å². The Kier molecular flexibility index (Phi) is 6.84. The molecule has 0 bridgehead atoms. The van der Waals surface area contributed by atoms with Crippen molar-refractivity contribution in [3.8, 4) is 5.69 Å². The zero-order valence-corrected chi connectivity index (χ0v) is 17.6. The summed E-state index contributed by atoms with van der Waals surface area (Å²) >= 11 is 6.30. The van der Waals surface area contributed by atoms with Gasteiger partial charge in [0, 0.05) is 6.42 Å². The molecule has 1 amide bonds. The number of benzene rings is 2. The number of carboxylic acids is 1. The predicted molar refractivity (Wildman–Crippen MR) is 114 cm³/mol. The first-order valence-electron chi connectivity index (χ1n) is 9.69. The van der Waals surface area contributed by atoms with E-state index in [9.17, 15) is 14.7 Å². The molecule has 156 valence electrons. The summed E-state index contributed by atoms with van der Waals surface area (Å²) in [7, 11) is 0. The number of nitrogens with zero attached hydrogens (tertiary/aromatic N) is 3. The fraction of sp³-hybridized carbons (Fsp3) is 0.273. The Hall–Kier alpha value is -3.19. The van der Waals surface area contributed by atoms with Crippen molar-refractivity contribution in [2.24, 2.45) is 0 Å². The second-order valence-electron chi connectivity index (χ2n) is 7.00. The summed E-state index contributed by atoms with van der Waals surface area (Å²) in [4.78, 5) is 28.6. The Morgan fingerprint density at radius 2 is 1.87 bits per heavy atom. The average Bonchev–Trinajstić information content (AvgIpc) is 3.12. The molecular formula is C22H23ClN4O3. The highest BCUT2D eigenvalue weighted by molar-refractivity contribution is 6.32. The quantitative estimate of drug-likeness (QED) is 0.564. The number of nitrogens with one attached hydrogen (secondary N) is 1. The molecule has 0 saturated carbocycles. The molecule has 0 radical (unpaired) electrons. The topological polar surface area (TPSA) is 97.1 Å². The summed E-state index contributed by atoms with van der Waals surface area (Å²) < 4.78 is 1.57. The number of aryl methyl sites for hydroxylation is 2. The molecule has 30 heavy (non-hydrogen) atoms. The van der Waals surface area contributed by atoms with Gasteiger partial charge >= 0.3 is 5.97 Å². The molecule has 8 heteroatoms. The molecule has 2 aromatic carbocycles. The van der Waals surface area contributed by atoms with E-state index in [1.807, 2.05) is 50.2 Å². The lowest BCUT2D eigenvalue weighted by Gasteiger charge is -2.16. The van der Waals surface area contributed by atoms with Gasteiger partial charge in [0.1, 0.15) is 5.82 Å². The summed E-state index contributed by atoms with van der Waals surface area (Å²) in [6, 6.07) is 13.9. The Bertz CT molecular complexity index is 1050. The summed E-state index contributed by atoms with van der Waals surface area (Å²) in [6.07, 6.45) is 1.18. The molecule has 3 aromatic rings. The molecule has 0 saturated heterocycles. The van der Waals surface area contributed by atoms with E-state index in [2.05, 4.69) is 15.4 Å². The second-order valence-corrected chi connectivity index (χ2v) is 7.41. The minimum atomic E-state index is -1.01. The predicted octanol–water partition coefficient (Wildman–Crippen LogP) is 4.13. The van der Waals surface area contributed by atoms with Gasteiger partial charge in [-0.3, -0.25) is 9.59 Å². The highest BCUT2D eigenvalue weighted by Gasteiger charge is 2.23. The van der Waals surface area contributed by atoms with Gasteiger partial charge in [0.15, 0.2) is 0 Å². The zero-order chi connectivity index (χ0) is 21.7. The lowest BCUT2D eigenvalue weighted by atomic mass is 10.0. The van der Waals surface area contributed by atoms with Gasteiger partial charge in [-0.15, -0.1) is 5.10 Å². The number of aliphatic carboxylic acids is 1. The van der Waals surface area contributed by atoms with Crippen molar-refractivity contribution in [3.05, 3.63) is 76.3 Å². The van der Waals surface area contributed by atoms with Crippen LogP contribution < -0.4 is 5.32 Å². The maximum absolute atomic E-state index is 12.9. The van der Waals surface area contributed by atoms with Gasteiger partial charge in [0.2, 0.25) is 5.82 Å². The monoisotopic (exact) mass is 426 g/mol. The minimum Gasteiger partial charge on any atom is -0.481 e. The fourth-order valence-corrected chi connectivity index (χ4v) is 3.31. The molecule has 1 unspecified atom stereocenters. The third kappa shape index (κ3) is 5.04. The molecule has 0 aliphatic carbocycles. The van der Waals surface area contributed by atoms with E-state index in [1.54, 1.807) is 16.8 Å². The molecule has 0 aliphatic rings. The highest BCUT2D eigenvalue weighted by atomic mass is 35.5. The number of carbonyl (C=O) groups excluding carboxylic acids is 1. The van der Waals surface area contributed by atoms with Crippen LogP contribution >= 0.6 is 11.6 Å². The van der Waals surface area contributed by atoms with Gasteiger partial charge in [-0.2, -0.15) is 0 Å². The van der Waals surface area contributed by atoms with Crippen LogP contribution in [0.2, 0.25) is 5.02 Å². The van der Waals surface area contributed by atoms with Crippen molar-refractivity contribution >= 4 is 23.5 Å². The average molecular weight is 427 g/mol. The van der Waals surface area contributed by atoms with Crippen LogP contribution in [0.4, 0.5) is 0 Å². The molecule has 0 fully saturated rings. The molecule has 3 rings (SSSR count). The van der Waals surface area contributed by atoms with E-state index < -0.39 is 17.9 Å². The third-order valence-electron chi connectivity index (χ3n) is 4.60. The molecule has 1 heterocycles. The van der Waals surface area contributed by atoms with Crippen molar-refractivity contribution < 1.29 is 14.7 Å². The van der Waals surface area contributed by atoms with Crippen LogP contribution in [0.1, 0.15) is 53.4 Å². The maximum atomic E-state index is 12.9. The van der Waals surface area contributed by atoms with Gasteiger partial charge in [0.25, 0.3) is 5.91 Å². The van der Waals surface area contributed by atoms with Crippen molar-refractivity contribution in [2.75, 3.05) is 0 Å². The van der Waals surface area contributed by atoms with Crippen molar-refractivity contribution in [3.63, 3.8) is 0 Å². The molecule has 0 spiro atoms. The van der Waals surface area contributed by atoms with Gasteiger partial charge < -0.3 is 10.4 Å². The molecule has 0 aliphatic heterocycles. The van der Waals surface area contributed by atoms with Crippen LogP contribution in [0.5, 0.6) is 0 Å². The smallest absolute Gasteiger partial charge is 0.305 e. The van der Waals surface area contributed by atoms with Crippen LogP contribution in [0, 0.1) is 6.92 Å². The first-order chi connectivity index (χ1) is 14.4. The standard InChI is InChI=1S/C22H23ClN4O3/c1-3-6-19-25-21(26-27(19)18-8-5-4-7-16(18)23)22(30)24-17(13-20(28)29)15-11-9-14(2)10-12-15/h4-5,7-12,17H,3,6,13H2,1-2H3,(H,24,30)(H,28,29). The molecule has 2 N–H and O–H groups in total. The zero-order valence-electron chi connectivity index (χ0n) is 16.8. The number of aromatic nitrogens is 3. The van der Waals surface area contributed by atoms with Gasteiger partial charge in [-0.1, -0.05) is 60.5 Å². The number of hydrogen-bond acceptors (Lipinski definition) is 4. The van der Waals surface area contributed by atoms with Crippen LogP contribution in [0.15, 0.2) is 48.5 Å². The maximum Gasteiger partial charge on any atom is 0.305 e. The number of carbonyl (C=O) groups is 2. The van der Waals surface area contributed by atoms with Crippen LogP contribution in [0.3, 0.4) is 0 Å². The van der Waals surface area contributed by atoms with E-state index in [0.717, 1.165) is 12.0 Å². The summed E-state index contributed by atoms with van der Waals surface area (Å²) in [5, 5.41) is 16.9. The van der Waals surface area contributed by atoms with E-state index in [4.69, 9.17) is 11.6 Å². The summed E-state index contributed by atoms with van der Waals surface area (Å²) in [5.74, 6) is -0.964. The molecule has 1 atom stereocenters. The Morgan fingerprint density at radius 3 is 2.50 bits per heavy atom.